The third-order valence-electron chi connectivity index (χ3n) is 12.3. The topological polar surface area (TPSA) is 3.24 Å². The molecule has 0 amide bonds. The van der Waals surface area contributed by atoms with Crippen LogP contribution >= 0.6 is 11.3 Å². The van der Waals surface area contributed by atoms with Crippen molar-refractivity contribution < 1.29 is 0 Å². The lowest BCUT2D eigenvalue weighted by atomic mass is 9.70. The van der Waals surface area contributed by atoms with Crippen LogP contribution in [-0.2, 0) is 5.41 Å². The minimum Gasteiger partial charge on any atom is -0.309 e. The van der Waals surface area contributed by atoms with Crippen LogP contribution in [0.15, 0.2) is 212 Å². The molecule has 0 fully saturated rings. The zero-order valence-corrected chi connectivity index (χ0v) is 31.9. The molecule has 0 bridgehead atoms. The summed E-state index contributed by atoms with van der Waals surface area (Å²) in [6.45, 7) is 0. The predicted octanol–water partition coefficient (Wildman–Crippen LogP) is 15.2. The maximum atomic E-state index is 2.51. The molecule has 0 saturated carbocycles. The first-order valence-electron chi connectivity index (χ1n) is 19.7. The van der Waals surface area contributed by atoms with E-state index in [0.717, 1.165) is 17.1 Å². The fourth-order valence-electron chi connectivity index (χ4n) is 9.97. The molecule has 57 heavy (non-hydrogen) atoms. The fraction of sp³-hybridized carbons (Fsp3) is 0.0182. The second-order valence-electron chi connectivity index (χ2n) is 15.2. The minimum atomic E-state index is -0.440. The Bertz CT molecular complexity index is 3140. The molecular formula is C55H35NS. The normalized spacial score (nSPS) is 13.1. The number of para-hydroxylation sites is 2. The van der Waals surface area contributed by atoms with Crippen molar-refractivity contribution >= 4 is 48.6 Å². The van der Waals surface area contributed by atoms with Gasteiger partial charge in [0.25, 0.3) is 0 Å². The van der Waals surface area contributed by atoms with Crippen LogP contribution in [0.1, 0.15) is 22.3 Å². The summed E-state index contributed by atoms with van der Waals surface area (Å²) in [6.07, 6.45) is 0. The smallest absolute Gasteiger partial charge is 0.0726 e. The quantitative estimate of drug-likeness (QED) is 0.170. The Labute approximate surface area is 336 Å². The second kappa shape index (κ2) is 12.5. The van der Waals surface area contributed by atoms with E-state index in [0.29, 0.717) is 0 Å². The van der Waals surface area contributed by atoms with Gasteiger partial charge in [-0.1, -0.05) is 170 Å². The molecule has 10 aromatic rings. The summed E-state index contributed by atoms with van der Waals surface area (Å²) in [5.41, 5.74) is 18.3. The highest BCUT2D eigenvalue weighted by Crippen LogP contribution is 2.63. The van der Waals surface area contributed by atoms with Crippen molar-refractivity contribution in [1.82, 2.24) is 0 Å². The Morgan fingerprint density at radius 2 is 0.807 bits per heavy atom. The molecular weight excluding hydrogens is 707 g/mol. The summed E-state index contributed by atoms with van der Waals surface area (Å²) in [4.78, 5) is 2.51. The van der Waals surface area contributed by atoms with Crippen LogP contribution in [0, 0.1) is 0 Å². The van der Waals surface area contributed by atoms with Gasteiger partial charge >= 0.3 is 0 Å². The average Bonchev–Trinajstić information content (AvgIpc) is 3.91. The average molecular weight is 742 g/mol. The van der Waals surface area contributed by atoms with Gasteiger partial charge in [-0.15, -0.1) is 11.3 Å². The second-order valence-corrected chi connectivity index (χ2v) is 16.2. The number of fused-ring (bicyclic) bond motifs is 13. The largest absolute Gasteiger partial charge is 0.309 e. The number of rotatable bonds is 5. The van der Waals surface area contributed by atoms with Gasteiger partial charge in [-0.3, -0.25) is 0 Å². The van der Waals surface area contributed by atoms with Crippen LogP contribution < -0.4 is 4.90 Å². The number of anilines is 3. The lowest BCUT2D eigenvalue weighted by Gasteiger charge is -2.33. The van der Waals surface area contributed by atoms with Gasteiger partial charge in [0.1, 0.15) is 0 Å². The molecule has 12 rings (SSSR count). The summed E-state index contributed by atoms with van der Waals surface area (Å²) in [5.74, 6) is 0. The number of hydrogen-bond acceptors (Lipinski definition) is 2. The zero-order chi connectivity index (χ0) is 37.5. The Balaban J connectivity index is 1.14. The molecule has 1 nitrogen and oxygen atoms in total. The van der Waals surface area contributed by atoms with Crippen molar-refractivity contribution in [2.24, 2.45) is 0 Å². The van der Waals surface area contributed by atoms with E-state index in [2.05, 4.69) is 217 Å². The van der Waals surface area contributed by atoms with Crippen LogP contribution in [0.3, 0.4) is 0 Å². The SMILES string of the molecule is c1ccc(-c2ccccc2N(c2ccc3c(c2)C2(c4ccccc4-c4ccccc42)c2ccccc2-3)c2ccccc2-c2ccc3sc4ccccc4c3c2)cc1. The van der Waals surface area contributed by atoms with Crippen LogP contribution in [0.4, 0.5) is 17.1 Å². The molecule has 0 radical (unpaired) electrons. The van der Waals surface area contributed by atoms with Crippen LogP contribution in [0.5, 0.6) is 0 Å². The van der Waals surface area contributed by atoms with Crippen LogP contribution in [0.2, 0.25) is 0 Å². The molecule has 1 aromatic heterocycles. The van der Waals surface area contributed by atoms with Gasteiger partial charge in [0.15, 0.2) is 0 Å². The molecule has 0 unspecified atom stereocenters. The first-order chi connectivity index (χ1) is 28.3. The van der Waals surface area contributed by atoms with E-state index in [1.54, 1.807) is 0 Å². The van der Waals surface area contributed by atoms with Gasteiger partial charge in [0.2, 0.25) is 0 Å². The number of nitrogens with zero attached hydrogens (tertiary/aromatic N) is 1. The number of hydrogen-bond donors (Lipinski definition) is 0. The van der Waals surface area contributed by atoms with Gasteiger partial charge in [0.05, 0.1) is 16.8 Å². The van der Waals surface area contributed by atoms with Crippen molar-refractivity contribution in [3.05, 3.63) is 235 Å². The lowest BCUT2D eigenvalue weighted by molar-refractivity contribution is 0.793. The third kappa shape index (κ3) is 4.62. The van der Waals surface area contributed by atoms with E-state index < -0.39 is 5.41 Å². The standard InChI is InChI=1S/C55H35NS/c1-2-16-36(17-3-1)39-18-7-13-27-51(39)56(52-28-14-8-19-40(52)37-30-33-54-46(34-37)45-23-9-15-29-53(45)57-54)38-31-32-44-43-22-6-12-26-49(43)55(50(44)35-38)47-24-10-4-20-41(47)42-21-5-11-25-48(42)55/h1-35H. The van der Waals surface area contributed by atoms with E-state index in [1.807, 2.05) is 11.3 Å². The monoisotopic (exact) mass is 741 g/mol. The van der Waals surface area contributed by atoms with E-state index in [-0.39, 0.29) is 0 Å². The molecule has 2 heteroatoms. The highest BCUT2D eigenvalue weighted by Gasteiger charge is 2.51. The molecule has 0 saturated heterocycles. The van der Waals surface area contributed by atoms with Gasteiger partial charge < -0.3 is 4.90 Å². The lowest BCUT2D eigenvalue weighted by Crippen LogP contribution is -2.26. The Hall–Kier alpha value is -7.00. The molecule has 9 aromatic carbocycles. The number of thiophene rings is 1. The first kappa shape index (κ1) is 32.3. The molecule has 0 aliphatic heterocycles. The molecule has 266 valence electrons. The van der Waals surface area contributed by atoms with Crippen molar-refractivity contribution in [2.45, 2.75) is 5.41 Å². The molecule has 0 N–H and O–H groups in total. The summed E-state index contributed by atoms with van der Waals surface area (Å²) < 4.78 is 2.63. The number of benzene rings is 9. The van der Waals surface area contributed by atoms with Gasteiger partial charge in [-0.25, -0.2) is 0 Å². The van der Waals surface area contributed by atoms with Gasteiger partial charge in [0, 0.05) is 37.0 Å². The summed E-state index contributed by atoms with van der Waals surface area (Å²) in [7, 11) is 0. The minimum absolute atomic E-state index is 0.440. The highest BCUT2D eigenvalue weighted by atomic mass is 32.1. The Kier molecular flexibility index (Phi) is 7.08. The molecule has 1 spiro atoms. The summed E-state index contributed by atoms with van der Waals surface area (Å²) in [6, 6.07) is 78.8. The van der Waals surface area contributed by atoms with Gasteiger partial charge in [-0.05, 0) is 98.1 Å². The summed E-state index contributed by atoms with van der Waals surface area (Å²) >= 11 is 1.86. The molecule has 1 heterocycles. The molecule has 2 aliphatic carbocycles. The Morgan fingerprint density at radius 3 is 1.46 bits per heavy atom. The van der Waals surface area contributed by atoms with E-state index in [4.69, 9.17) is 0 Å². The van der Waals surface area contributed by atoms with Crippen molar-refractivity contribution in [1.29, 1.82) is 0 Å². The summed E-state index contributed by atoms with van der Waals surface area (Å²) in [5, 5.41) is 2.61. The maximum absolute atomic E-state index is 2.51. The zero-order valence-electron chi connectivity index (χ0n) is 31.1. The molecule has 0 atom stereocenters. The Morgan fingerprint density at radius 1 is 0.316 bits per heavy atom. The predicted molar refractivity (Wildman–Crippen MR) is 241 cm³/mol. The van der Waals surface area contributed by atoms with Crippen LogP contribution in [0.25, 0.3) is 64.7 Å². The van der Waals surface area contributed by atoms with Crippen molar-refractivity contribution in [3.8, 4) is 44.5 Å². The van der Waals surface area contributed by atoms with E-state index >= 15 is 0 Å². The highest BCUT2D eigenvalue weighted by molar-refractivity contribution is 7.25. The first-order valence-corrected chi connectivity index (χ1v) is 20.5. The van der Waals surface area contributed by atoms with Crippen molar-refractivity contribution in [2.75, 3.05) is 4.90 Å². The maximum Gasteiger partial charge on any atom is 0.0726 e. The van der Waals surface area contributed by atoms with Gasteiger partial charge in [-0.2, -0.15) is 0 Å². The molecule has 2 aliphatic rings. The van der Waals surface area contributed by atoms with E-state index in [1.165, 1.54) is 86.9 Å². The van der Waals surface area contributed by atoms with Crippen LogP contribution in [-0.4, -0.2) is 0 Å². The van der Waals surface area contributed by atoms with E-state index in [9.17, 15) is 0 Å². The fourth-order valence-corrected chi connectivity index (χ4v) is 11.1. The third-order valence-corrected chi connectivity index (χ3v) is 13.5. The van der Waals surface area contributed by atoms with Crippen molar-refractivity contribution in [3.63, 3.8) is 0 Å².